The Kier molecular flexibility index (Phi) is 3.76. The molecule has 0 aliphatic rings. The maximum absolute atomic E-state index is 10.9. The van der Waals surface area contributed by atoms with Gasteiger partial charge < -0.3 is 10.1 Å². The Morgan fingerprint density at radius 2 is 2.16 bits per heavy atom. The number of hydrogen-bond acceptors (Lipinski definition) is 6. The third-order valence-electron chi connectivity index (χ3n) is 2.23. The maximum Gasteiger partial charge on any atom is 0.311 e. The van der Waals surface area contributed by atoms with E-state index in [1.165, 1.54) is 30.6 Å². The van der Waals surface area contributed by atoms with Crippen molar-refractivity contribution in [1.82, 2.24) is 9.97 Å². The van der Waals surface area contributed by atoms with Gasteiger partial charge in [-0.1, -0.05) is 11.6 Å². The fourth-order valence-corrected chi connectivity index (χ4v) is 1.53. The number of benzene rings is 1. The molecule has 1 aromatic heterocycles. The molecule has 8 heteroatoms. The molecule has 0 bridgehead atoms. The fraction of sp³-hybridized carbons (Fsp3) is 0.0909. The van der Waals surface area contributed by atoms with Gasteiger partial charge in [0.1, 0.15) is 12.1 Å². The van der Waals surface area contributed by atoms with Crippen LogP contribution in [0.4, 0.5) is 11.5 Å². The Balaban J connectivity index is 2.36. The maximum atomic E-state index is 10.9. The highest BCUT2D eigenvalue weighted by molar-refractivity contribution is 6.30. The van der Waals surface area contributed by atoms with E-state index >= 15 is 0 Å². The normalized spacial score (nSPS) is 10.0. The highest BCUT2D eigenvalue weighted by Crippen LogP contribution is 2.33. The molecule has 1 heterocycles. The molecule has 19 heavy (non-hydrogen) atoms. The van der Waals surface area contributed by atoms with Crippen LogP contribution in [-0.2, 0) is 0 Å². The topological polar surface area (TPSA) is 90.2 Å². The van der Waals surface area contributed by atoms with Crippen LogP contribution < -0.4 is 10.1 Å². The summed E-state index contributed by atoms with van der Waals surface area (Å²) in [6.07, 6.45) is 1.29. The molecule has 0 aliphatic carbocycles. The summed E-state index contributed by atoms with van der Waals surface area (Å²) in [5, 5.41) is 14.0. The first-order valence-electron chi connectivity index (χ1n) is 5.21. The first-order chi connectivity index (χ1) is 9.10. The minimum absolute atomic E-state index is 0.0262. The van der Waals surface area contributed by atoms with E-state index in [0.717, 1.165) is 0 Å². The fourth-order valence-electron chi connectivity index (χ4n) is 1.37. The minimum atomic E-state index is -0.550. The second kappa shape index (κ2) is 5.49. The molecule has 0 aliphatic heterocycles. The number of rotatable bonds is 4. The quantitative estimate of drug-likeness (QED) is 0.684. The second-order valence-corrected chi connectivity index (χ2v) is 3.90. The number of anilines is 1. The Labute approximate surface area is 113 Å². The number of nitro benzene ring substituents is 1. The molecule has 1 aromatic carbocycles. The van der Waals surface area contributed by atoms with Crippen molar-refractivity contribution in [2.24, 2.45) is 0 Å². The Hall–Kier alpha value is -2.41. The first-order valence-corrected chi connectivity index (χ1v) is 5.59. The number of halogens is 1. The molecular formula is C11H9ClN4O3. The largest absolute Gasteiger partial charge is 0.432 e. The van der Waals surface area contributed by atoms with Crippen molar-refractivity contribution in [3.63, 3.8) is 0 Å². The summed E-state index contributed by atoms with van der Waals surface area (Å²) in [4.78, 5) is 18.1. The van der Waals surface area contributed by atoms with Crippen LogP contribution in [0.15, 0.2) is 30.6 Å². The summed E-state index contributed by atoms with van der Waals surface area (Å²) in [5.41, 5.74) is -0.186. The molecule has 0 fully saturated rings. The molecule has 1 N–H and O–H groups in total. The van der Waals surface area contributed by atoms with E-state index in [1.54, 1.807) is 7.05 Å². The zero-order valence-electron chi connectivity index (χ0n) is 9.83. The van der Waals surface area contributed by atoms with Gasteiger partial charge in [0.2, 0.25) is 11.6 Å². The van der Waals surface area contributed by atoms with E-state index in [-0.39, 0.29) is 17.3 Å². The third kappa shape index (κ3) is 3.08. The molecule has 2 rings (SSSR count). The lowest BCUT2D eigenvalue weighted by molar-refractivity contribution is -0.385. The van der Waals surface area contributed by atoms with Gasteiger partial charge in [0.15, 0.2) is 0 Å². The lowest BCUT2D eigenvalue weighted by atomic mass is 10.3. The monoisotopic (exact) mass is 280 g/mol. The van der Waals surface area contributed by atoms with E-state index in [4.69, 9.17) is 16.3 Å². The van der Waals surface area contributed by atoms with Crippen molar-refractivity contribution in [3.8, 4) is 11.6 Å². The number of nitrogens with zero attached hydrogens (tertiary/aromatic N) is 3. The van der Waals surface area contributed by atoms with E-state index in [2.05, 4.69) is 15.3 Å². The van der Waals surface area contributed by atoms with Gasteiger partial charge in [-0.05, 0) is 6.07 Å². The number of aromatic nitrogens is 2. The predicted molar refractivity (Wildman–Crippen MR) is 69.8 cm³/mol. The highest BCUT2D eigenvalue weighted by Gasteiger charge is 2.16. The van der Waals surface area contributed by atoms with Crippen LogP contribution in [-0.4, -0.2) is 21.9 Å². The van der Waals surface area contributed by atoms with Crippen molar-refractivity contribution < 1.29 is 9.66 Å². The van der Waals surface area contributed by atoms with Crippen LogP contribution in [0.2, 0.25) is 5.02 Å². The number of hydrogen-bond donors (Lipinski definition) is 1. The van der Waals surface area contributed by atoms with Crippen LogP contribution in [0.25, 0.3) is 0 Å². The summed E-state index contributed by atoms with van der Waals surface area (Å²) in [7, 11) is 1.69. The zero-order chi connectivity index (χ0) is 13.8. The van der Waals surface area contributed by atoms with E-state index in [9.17, 15) is 10.1 Å². The summed E-state index contributed by atoms with van der Waals surface area (Å²) in [6, 6.07) is 5.58. The van der Waals surface area contributed by atoms with Crippen LogP contribution in [0.1, 0.15) is 0 Å². The Bertz CT molecular complexity index is 621. The van der Waals surface area contributed by atoms with Crippen LogP contribution in [0, 0.1) is 10.1 Å². The molecule has 0 amide bonds. The molecule has 0 radical (unpaired) electrons. The standard InChI is InChI=1S/C11H9ClN4O3/c1-13-10-5-11(15-6-14-10)19-9-4-7(12)2-3-8(9)16(17)18/h2-6H,1H3,(H,13,14,15). The van der Waals surface area contributed by atoms with Crippen molar-refractivity contribution >= 4 is 23.1 Å². The van der Waals surface area contributed by atoms with Gasteiger partial charge in [-0.3, -0.25) is 10.1 Å². The average molecular weight is 281 g/mol. The molecule has 0 spiro atoms. The van der Waals surface area contributed by atoms with Gasteiger partial charge >= 0.3 is 5.69 Å². The summed E-state index contributed by atoms with van der Waals surface area (Å²) >= 11 is 5.80. The Morgan fingerprint density at radius 1 is 1.37 bits per heavy atom. The smallest absolute Gasteiger partial charge is 0.311 e. The molecular weight excluding hydrogens is 272 g/mol. The van der Waals surface area contributed by atoms with Gasteiger partial charge in [-0.15, -0.1) is 0 Å². The van der Waals surface area contributed by atoms with Crippen LogP contribution >= 0.6 is 11.6 Å². The summed E-state index contributed by atoms with van der Waals surface area (Å²) in [5.74, 6) is 0.748. The van der Waals surface area contributed by atoms with Gasteiger partial charge in [0, 0.05) is 30.3 Å². The predicted octanol–water partition coefficient (Wildman–Crippen LogP) is 2.87. The van der Waals surface area contributed by atoms with Crippen molar-refractivity contribution in [1.29, 1.82) is 0 Å². The molecule has 0 unspecified atom stereocenters. The van der Waals surface area contributed by atoms with E-state index in [1.807, 2.05) is 0 Å². The van der Waals surface area contributed by atoms with Crippen LogP contribution in [0.3, 0.4) is 0 Å². The van der Waals surface area contributed by atoms with Gasteiger partial charge in [-0.2, -0.15) is 0 Å². The summed E-state index contributed by atoms with van der Waals surface area (Å²) in [6.45, 7) is 0. The number of ether oxygens (including phenoxy) is 1. The van der Waals surface area contributed by atoms with Crippen molar-refractivity contribution in [3.05, 3.63) is 45.7 Å². The zero-order valence-corrected chi connectivity index (χ0v) is 10.6. The van der Waals surface area contributed by atoms with E-state index < -0.39 is 4.92 Å². The van der Waals surface area contributed by atoms with Gasteiger partial charge in [-0.25, -0.2) is 9.97 Å². The molecule has 98 valence electrons. The lowest BCUT2D eigenvalue weighted by Gasteiger charge is -2.06. The minimum Gasteiger partial charge on any atom is -0.432 e. The number of nitro groups is 1. The van der Waals surface area contributed by atoms with Crippen molar-refractivity contribution in [2.45, 2.75) is 0 Å². The SMILES string of the molecule is CNc1cc(Oc2cc(Cl)ccc2[N+](=O)[O-])ncn1. The van der Waals surface area contributed by atoms with Gasteiger partial charge in [0.05, 0.1) is 4.92 Å². The molecule has 2 aromatic rings. The summed E-state index contributed by atoms with van der Waals surface area (Å²) < 4.78 is 5.38. The van der Waals surface area contributed by atoms with E-state index in [0.29, 0.717) is 10.8 Å². The first kappa shape index (κ1) is 13.0. The third-order valence-corrected chi connectivity index (χ3v) is 2.47. The molecule has 0 saturated heterocycles. The molecule has 0 saturated carbocycles. The molecule has 0 atom stereocenters. The highest BCUT2D eigenvalue weighted by atomic mass is 35.5. The average Bonchev–Trinajstić information content (AvgIpc) is 2.38. The van der Waals surface area contributed by atoms with Gasteiger partial charge in [0.25, 0.3) is 0 Å². The second-order valence-electron chi connectivity index (χ2n) is 3.46. The van der Waals surface area contributed by atoms with Crippen molar-refractivity contribution in [2.75, 3.05) is 12.4 Å². The lowest BCUT2D eigenvalue weighted by Crippen LogP contribution is -1.97. The molecule has 7 nitrogen and oxygen atoms in total. The van der Waals surface area contributed by atoms with Crippen LogP contribution in [0.5, 0.6) is 11.6 Å². The Morgan fingerprint density at radius 3 is 2.84 bits per heavy atom. The number of nitrogens with one attached hydrogen (secondary N) is 1.